The van der Waals surface area contributed by atoms with Gasteiger partial charge in [0.05, 0.1) is 68.2 Å². The second-order valence-electron chi connectivity index (χ2n) is 22.7. The zero-order chi connectivity index (χ0) is 58.5. The van der Waals surface area contributed by atoms with Crippen LogP contribution in [0.2, 0.25) is 0 Å². The Morgan fingerprint density at radius 2 is 1.65 bits per heavy atom. The van der Waals surface area contributed by atoms with Gasteiger partial charge in [-0.2, -0.15) is 10.1 Å². The number of thiazole rings is 1. The number of carbonyl (C=O) groups is 3. The molecule has 20 nitrogen and oxygen atoms in total. The minimum absolute atomic E-state index is 0.0149. The molecule has 9 rings (SSSR count). The van der Waals surface area contributed by atoms with Crippen LogP contribution in [0, 0.1) is 12.3 Å². The van der Waals surface area contributed by atoms with Crippen LogP contribution in [0.15, 0.2) is 89.5 Å². The lowest BCUT2D eigenvalue weighted by atomic mass is 9.85. The van der Waals surface area contributed by atoms with E-state index in [1.54, 1.807) is 55.0 Å². The second kappa shape index (κ2) is 25.7. The van der Waals surface area contributed by atoms with E-state index in [0.717, 1.165) is 90.5 Å². The van der Waals surface area contributed by atoms with E-state index >= 15 is 0 Å². The predicted molar refractivity (Wildman–Crippen MR) is 328 cm³/mol. The number of halogens is 1. The van der Waals surface area contributed by atoms with Gasteiger partial charge in [-0.25, -0.2) is 9.97 Å². The van der Waals surface area contributed by atoms with Gasteiger partial charge < -0.3 is 45.5 Å². The minimum Gasteiger partial charge on any atom is -0.494 e. The molecule has 3 amide bonds. The fourth-order valence-corrected chi connectivity index (χ4v) is 13.3. The number of ether oxygens (including phenoxy) is 1. The SMILES string of the molecule is COc1cc(N2CCN(CCCCCCC(=O)N[C@H](C(=O)N3C[C@H](O)C[C@H]3C(=O)N[C@@H](C)c3ccc(-c4scnc4C)cc3)C(C)(C)C)CC2)c(-c2cnn(C)c2)cc1Nc1ncc(Br)c(Nc2ccc3nccnc3c2P(C)(C)=O)n1. The van der Waals surface area contributed by atoms with Gasteiger partial charge in [-0.3, -0.25) is 33.9 Å². The third kappa shape index (κ3) is 14.1. The molecular weight excluding hydrogens is 1140 g/mol. The van der Waals surface area contributed by atoms with E-state index in [-0.39, 0.29) is 43.1 Å². The third-order valence-corrected chi connectivity index (χ3v) is 18.2. The Balaban J connectivity index is 0.760. The Morgan fingerprint density at radius 3 is 2.33 bits per heavy atom. The fraction of sp³-hybridized carbons (Fsp3) is 0.441. The average Bonchev–Trinajstić information content (AvgIpc) is 4.27. The molecule has 2 aliphatic rings. The first-order chi connectivity index (χ1) is 39.1. The van der Waals surface area contributed by atoms with Crippen LogP contribution in [0.5, 0.6) is 5.75 Å². The number of hydrogen-bond donors (Lipinski definition) is 5. The number of aryl methyl sites for hydroxylation is 2. The number of aliphatic hydroxyl groups is 1. The number of amides is 3. The number of fused-ring (bicyclic) bond motifs is 1. The first kappa shape index (κ1) is 59.8. The summed E-state index contributed by atoms with van der Waals surface area (Å²) in [6, 6.07) is 13.7. The molecule has 4 atom stereocenters. The number of rotatable bonds is 21. The Morgan fingerprint density at radius 1 is 0.902 bits per heavy atom. The number of nitrogens with one attached hydrogen (secondary N) is 4. The molecule has 0 unspecified atom stereocenters. The molecule has 0 saturated carbocycles. The summed E-state index contributed by atoms with van der Waals surface area (Å²) in [5, 5.41) is 28.7. The van der Waals surface area contributed by atoms with Crippen molar-refractivity contribution in [1.29, 1.82) is 0 Å². The first-order valence-electron chi connectivity index (χ1n) is 27.8. The van der Waals surface area contributed by atoms with Gasteiger partial charge in [0, 0.05) is 100 Å². The highest BCUT2D eigenvalue weighted by Crippen LogP contribution is 2.43. The van der Waals surface area contributed by atoms with Crippen LogP contribution in [0.1, 0.15) is 83.5 Å². The van der Waals surface area contributed by atoms with E-state index < -0.39 is 30.7 Å². The number of benzene rings is 3. The maximum atomic E-state index is 14.3. The number of aromatic nitrogens is 7. The van der Waals surface area contributed by atoms with Crippen LogP contribution in [-0.2, 0) is 26.0 Å². The van der Waals surface area contributed by atoms with Crippen molar-refractivity contribution in [3.8, 4) is 27.3 Å². The third-order valence-electron chi connectivity index (χ3n) is 15.1. The predicted octanol–water partition coefficient (Wildman–Crippen LogP) is 9.20. The summed E-state index contributed by atoms with van der Waals surface area (Å²) in [5.41, 5.74) is 9.56. The lowest BCUT2D eigenvalue weighted by Gasteiger charge is -2.37. The van der Waals surface area contributed by atoms with Crippen molar-refractivity contribution in [2.75, 3.05) is 75.2 Å². The van der Waals surface area contributed by atoms with Crippen molar-refractivity contribution < 1.29 is 28.8 Å². The van der Waals surface area contributed by atoms with Gasteiger partial charge in [0.15, 0.2) is 0 Å². The van der Waals surface area contributed by atoms with Crippen LogP contribution < -0.4 is 36.2 Å². The lowest BCUT2D eigenvalue weighted by molar-refractivity contribution is -0.144. The number of likely N-dealkylation sites (tertiary alicyclic amines) is 1. The summed E-state index contributed by atoms with van der Waals surface area (Å²) in [4.78, 5) is 71.7. The van der Waals surface area contributed by atoms with E-state index in [1.165, 1.54) is 4.90 Å². The van der Waals surface area contributed by atoms with Gasteiger partial charge in [0.2, 0.25) is 23.7 Å². The normalized spacial score (nSPS) is 16.7. The standard InChI is InChI=1S/C59H74BrN14O6PS/c1-36(38-15-17-39(18-16-38)53-37(2)64-35-82-53)66-56(77)48-28-41(75)34-74(48)57(78)54(59(3,4)5)69-50(76)14-12-10-11-13-23-72-24-26-73(27-25-72)47-30-49(80-7)46(29-42(47)40-31-65-71(6)33-40)68-58-63-32-43(60)55(70-58)67-45-20-19-44-51(62-22-21-61-44)52(45)81(8,9)79/h15-22,29-33,35-36,41,48,54,75H,10-14,23-28,34H2,1-9H3,(H,66,77)(H,69,76)(H2,63,67,68,70)/t36-,41+,48-,54+/m0/s1. The molecule has 82 heavy (non-hydrogen) atoms. The average molecular weight is 1220 g/mol. The smallest absolute Gasteiger partial charge is 0.246 e. The molecule has 6 heterocycles. The molecule has 0 spiro atoms. The summed E-state index contributed by atoms with van der Waals surface area (Å²) in [6.45, 7) is 17.3. The van der Waals surface area contributed by atoms with Crippen LogP contribution in [0.4, 0.5) is 28.8 Å². The highest BCUT2D eigenvalue weighted by Gasteiger charge is 2.45. The molecule has 0 aliphatic carbocycles. The summed E-state index contributed by atoms with van der Waals surface area (Å²) in [5.74, 6) is 0.469. The summed E-state index contributed by atoms with van der Waals surface area (Å²) < 4.78 is 22.1. The van der Waals surface area contributed by atoms with Crippen molar-refractivity contribution >= 4 is 97.3 Å². The monoisotopic (exact) mass is 1220 g/mol. The molecule has 7 aromatic rings. The van der Waals surface area contributed by atoms with Gasteiger partial charge in [0.25, 0.3) is 0 Å². The second-order valence-corrected chi connectivity index (χ2v) is 27.6. The molecule has 0 bridgehead atoms. The maximum absolute atomic E-state index is 14.3. The number of unbranched alkanes of at least 4 members (excludes halogenated alkanes) is 3. The number of piperazine rings is 1. The van der Waals surface area contributed by atoms with Gasteiger partial charge in [-0.05, 0) is 97.2 Å². The number of carbonyl (C=O) groups excluding carboxylic acids is 3. The number of methoxy groups -OCH3 is 1. The number of aliphatic hydroxyl groups excluding tert-OH is 1. The molecule has 5 N–H and O–H groups in total. The topological polar surface area (TPSA) is 238 Å². The Kier molecular flexibility index (Phi) is 18.8. The summed E-state index contributed by atoms with van der Waals surface area (Å²) >= 11 is 5.19. The van der Waals surface area contributed by atoms with Crippen molar-refractivity contribution in [3.63, 3.8) is 0 Å². The highest BCUT2D eigenvalue weighted by molar-refractivity contribution is 9.10. The van der Waals surface area contributed by atoms with Crippen LogP contribution >= 0.6 is 34.4 Å². The number of anilines is 5. The summed E-state index contributed by atoms with van der Waals surface area (Å²) in [6.07, 6.45) is 11.8. The van der Waals surface area contributed by atoms with Gasteiger partial charge in [0.1, 0.15) is 36.3 Å². The zero-order valence-corrected chi connectivity index (χ0v) is 51.4. The van der Waals surface area contributed by atoms with Crippen molar-refractivity contribution in [2.24, 2.45) is 12.5 Å². The van der Waals surface area contributed by atoms with E-state index in [4.69, 9.17) is 9.72 Å². The van der Waals surface area contributed by atoms with Crippen LogP contribution in [0.3, 0.4) is 0 Å². The van der Waals surface area contributed by atoms with Gasteiger partial charge in [-0.1, -0.05) is 57.9 Å². The maximum Gasteiger partial charge on any atom is 0.246 e. The largest absolute Gasteiger partial charge is 0.494 e. The zero-order valence-electron chi connectivity index (χ0n) is 48.1. The quantitative estimate of drug-likeness (QED) is 0.0333. The molecule has 2 fully saturated rings. The highest BCUT2D eigenvalue weighted by atomic mass is 79.9. The van der Waals surface area contributed by atoms with Gasteiger partial charge in [-0.15, -0.1) is 11.3 Å². The Hall–Kier alpha value is -6.84. The Bertz CT molecular complexity index is 3470. The lowest BCUT2D eigenvalue weighted by Crippen LogP contribution is -2.57. The van der Waals surface area contributed by atoms with Gasteiger partial charge >= 0.3 is 0 Å². The van der Waals surface area contributed by atoms with E-state index in [2.05, 4.69) is 78.1 Å². The summed E-state index contributed by atoms with van der Waals surface area (Å²) in [7, 11) is 0.716. The molecule has 2 aliphatic heterocycles. The molecule has 2 saturated heterocycles. The first-order valence-corrected chi connectivity index (χ1v) is 32.1. The van der Waals surface area contributed by atoms with E-state index in [1.807, 2.05) is 102 Å². The number of β-amino-alcohol motifs (C(OH)–C–C–N with tert-alkyl or cyclic N) is 1. The molecular formula is C59H74BrN14O6PS. The molecule has 3 aromatic carbocycles. The molecule has 4 aromatic heterocycles. The van der Waals surface area contributed by atoms with Crippen molar-refractivity contribution in [2.45, 2.75) is 97.4 Å². The van der Waals surface area contributed by atoms with E-state index in [9.17, 15) is 24.1 Å². The molecule has 434 valence electrons. The van der Waals surface area contributed by atoms with Crippen LogP contribution in [0.25, 0.3) is 32.6 Å². The number of hydrogen-bond acceptors (Lipinski definition) is 17. The number of nitrogens with zero attached hydrogens (tertiary/aromatic N) is 10. The fourth-order valence-electron chi connectivity index (χ4n) is 10.8. The van der Waals surface area contributed by atoms with E-state index in [0.29, 0.717) is 56.1 Å². The van der Waals surface area contributed by atoms with Crippen molar-refractivity contribution in [1.82, 2.24) is 55.1 Å². The Labute approximate surface area is 491 Å². The van der Waals surface area contributed by atoms with Crippen LogP contribution in [-0.4, -0.2) is 145 Å². The van der Waals surface area contributed by atoms with Crippen molar-refractivity contribution in [3.05, 3.63) is 101 Å². The molecule has 0 radical (unpaired) electrons. The minimum atomic E-state index is -2.82. The molecule has 23 heteroatoms.